The van der Waals surface area contributed by atoms with Gasteiger partial charge in [0.1, 0.15) is 11.8 Å². The first kappa shape index (κ1) is 16.8. The lowest BCUT2D eigenvalue weighted by Crippen LogP contribution is -2.42. The van der Waals surface area contributed by atoms with Crippen molar-refractivity contribution in [2.75, 3.05) is 38.2 Å². The monoisotopic (exact) mass is 350 g/mol. The Bertz CT molecular complexity index is 866. The Kier molecular flexibility index (Phi) is 4.99. The predicted octanol–water partition coefficient (Wildman–Crippen LogP) is 2.21. The van der Waals surface area contributed by atoms with E-state index in [0.29, 0.717) is 6.54 Å². The predicted molar refractivity (Wildman–Crippen MR) is 99.9 cm³/mol. The molecule has 3 aromatic rings. The molecule has 0 spiro atoms. The van der Waals surface area contributed by atoms with E-state index in [9.17, 15) is 0 Å². The molecule has 7 nitrogen and oxygen atoms in total. The number of hydrogen-bond acceptors (Lipinski definition) is 7. The van der Waals surface area contributed by atoms with Gasteiger partial charge >= 0.3 is 0 Å². The summed E-state index contributed by atoms with van der Waals surface area (Å²) in [6.45, 7) is 5.95. The van der Waals surface area contributed by atoms with Gasteiger partial charge in [-0.2, -0.15) is 0 Å². The molecule has 26 heavy (non-hydrogen) atoms. The molecule has 1 unspecified atom stereocenters. The average Bonchev–Trinajstić information content (AvgIpc) is 2.70. The van der Waals surface area contributed by atoms with Crippen LogP contribution in [0.2, 0.25) is 0 Å². The van der Waals surface area contributed by atoms with Gasteiger partial charge in [0.25, 0.3) is 0 Å². The zero-order chi connectivity index (χ0) is 17.8. The number of anilines is 1. The van der Waals surface area contributed by atoms with Gasteiger partial charge in [-0.05, 0) is 31.2 Å². The van der Waals surface area contributed by atoms with Crippen LogP contribution in [0.1, 0.15) is 17.4 Å². The lowest BCUT2D eigenvalue weighted by Gasteiger charge is -2.34. The van der Waals surface area contributed by atoms with Crippen molar-refractivity contribution in [3.8, 4) is 0 Å². The van der Waals surface area contributed by atoms with E-state index in [1.807, 2.05) is 37.4 Å². The second-order valence-electron chi connectivity index (χ2n) is 6.34. The van der Waals surface area contributed by atoms with E-state index in [-0.39, 0.29) is 6.04 Å². The fraction of sp³-hybridized carbons (Fsp3) is 0.368. The number of aryl methyl sites for hydroxylation is 1. The van der Waals surface area contributed by atoms with Crippen molar-refractivity contribution < 1.29 is 4.74 Å². The summed E-state index contributed by atoms with van der Waals surface area (Å²) < 4.78 is 5.51. The number of fused-ring (bicyclic) bond motifs is 1. The fourth-order valence-electron chi connectivity index (χ4n) is 3.24. The zero-order valence-corrected chi connectivity index (χ0v) is 14.8. The first-order chi connectivity index (χ1) is 12.8. The SMILES string of the molecule is Cc1ccc2ncnc(NCC(c3ccccn3)N3CCOCC3)c2n1. The molecule has 0 radical (unpaired) electrons. The topological polar surface area (TPSA) is 76.1 Å². The molecule has 7 heteroatoms. The van der Waals surface area contributed by atoms with E-state index in [4.69, 9.17) is 4.74 Å². The molecule has 1 aliphatic heterocycles. The highest BCUT2D eigenvalue weighted by atomic mass is 16.5. The third-order valence-corrected chi connectivity index (χ3v) is 4.60. The number of pyridine rings is 2. The van der Waals surface area contributed by atoms with Gasteiger partial charge in [-0.3, -0.25) is 9.88 Å². The van der Waals surface area contributed by atoms with Crippen LogP contribution in [0, 0.1) is 6.92 Å². The highest BCUT2D eigenvalue weighted by Crippen LogP contribution is 2.23. The first-order valence-corrected chi connectivity index (χ1v) is 8.86. The number of rotatable bonds is 5. The van der Waals surface area contributed by atoms with E-state index >= 15 is 0 Å². The van der Waals surface area contributed by atoms with Crippen LogP contribution in [0.5, 0.6) is 0 Å². The van der Waals surface area contributed by atoms with E-state index in [1.165, 1.54) is 0 Å². The number of ether oxygens (including phenoxy) is 1. The molecule has 1 atom stereocenters. The summed E-state index contributed by atoms with van der Waals surface area (Å²) in [6, 6.07) is 10.1. The van der Waals surface area contributed by atoms with Crippen LogP contribution in [0.3, 0.4) is 0 Å². The molecule has 1 N–H and O–H groups in total. The number of nitrogens with one attached hydrogen (secondary N) is 1. The van der Waals surface area contributed by atoms with Crippen LogP contribution in [0.4, 0.5) is 5.82 Å². The Morgan fingerprint density at radius 3 is 2.81 bits per heavy atom. The second kappa shape index (κ2) is 7.72. The van der Waals surface area contributed by atoms with E-state index in [0.717, 1.165) is 54.5 Å². The smallest absolute Gasteiger partial charge is 0.156 e. The van der Waals surface area contributed by atoms with Crippen molar-refractivity contribution in [1.82, 2.24) is 24.8 Å². The molecule has 0 aliphatic carbocycles. The van der Waals surface area contributed by atoms with E-state index < -0.39 is 0 Å². The van der Waals surface area contributed by atoms with Gasteiger partial charge in [-0.1, -0.05) is 6.07 Å². The van der Waals surface area contributed by atoms with E-state index in [2.05, 4.69) is 36.2 Å². The minimum atomic E-state index is 0.148. The van der Waals surface area contributed by atoms with E-state index in [1.54, 1.807) is 6.33 Å². The van der Waals surface area contributed by atoms with Crippen LogP contribution in [-0.4, -0.2) is 57.7 Å². The summed E-state index contributed by atoms with van der Waals surface area (Å²) in [7, 11) is 0. The van der Waals surface area contributed by atoms with Crippen molar-refractivity contribution in [3.05, 3.63) is 54.2 Å². The standard InChI is InChI=1S/C19H22N6O/c1-14-5-6-16-18(24-14)19(23-13-22-16)21-12-17(15-4-2-3-7-20-15)25-8-10-26-11-9-25/h2-7,13,17H,8-12H2,1H3,(H,21,22,23). The molecule has 0 bridgehead atoms. The average molecular weight is 350 g/mol. The van der Waals surface area contributed by atoms with Crippen LogP contribution in [-0.2, 0) is 4.74 Å². The molecule has 0 saturated carbocycles. The van der Waals surface area contributed by atoms with Gasteiger partial charge in [0.15, 0.2) is 5.82 Å². The van der Waals surface area contributed by atoms with Gasteiger partial charge in [0, 0.05) is 31.5 Å². The largest absolute Gasteiger partial charge is 0.379 e. The second-order valence-corrected chi connectivity index (χ2v) is 6.34. The maximum Gasteiger partial charge on any atom is 0.156 e. The highest BCUT2D eigenvalue weighted by molar-refractivity contribution is 5.84. The molecule has 0 aromatic carbocycles. The normalized spacial score (nSPS) is 16.5. The van der Waals surface area contributed by atoms with Gasteiger partial charge in [-0.15, -0.1) is 0 Å². The minimum absolute atomic E-state index is 0.148. The minimum Gasteiger partial charge on any atom is -0.379 e. The van der Waals surface area contributed by atoms with Gasteiger partial charge < -0.3 is 10.1 Å². The van der Waals surface area contributed by atoms with Gasteiger partial charge in [-0.25, -0.2) is 15.0 Å². The Hall–Kier alpha value is -2.64. The number of hydrogen-bond donors (Lipinski definition) is 1. The molecule has 4 rings (SSSR count). The lowest BCUT2D eigenvalue weighted by atomic mass is 10.1. The van der Waals surface area contributed by atoms with Gasteiger partial charge in [0.2, 0.25) is 0 Å². The van der Waals surface area contributed by atoms with Crippen LogP contribution >= 0.6 is 0 Å². The molecule has 1 fully saturated rings. The number of nitrogens with zero attached hydrogens (tertiary/aromatic N) is 5. The molecule has 134 valence electrons. The quantitative estimate of drug-likeness (QED) is 0.756. The molecule has 1 aliphatic rings. The summed E-state index contributed by atoms with van der Waals surface area (Å²) in [5.74, 6) is 0.757. The third kappa shape index (κ3) is 3.63. The summed E-state index contributed by atoms with van der Waals surface area (Å²) in [5.41, 5.74) is 3.64. The zero-order valence-electron chi connectivity index (χ0n) is 14.8. The van der Waals surface area contributed by atoms with Crippen LogP contribution in [0.25, 0.3) is 11.0 Å². The van der Waals surface area contributed by atoms with Crippen LogP contribution < -0.4 is 5.32 Å². The summed E-state index contributed by atoms with van der Waals surface area (Å²) in [5, 5.41) is 3.47. The van der Waals surface area contributed by atoms with Crippen molar-refractivity contribution in [2.24, 2.45) is 0 Å². The third-order valence-electron chi connectivity index (χ3n) is 4.60. The summed E-state index contributed by atoms with van der Waals surface area (Å²) in [4.78, 5) is 20.3. The summed E-state index contributed by atoms with van der Waals surface area (Å²) in [6.07, 6.45) is 3.42. The Morgan fingerprint density at radius 1 is 1.12 bits per heavy atom. The van der Waals surface area contributed by atoms with Crippen LogP contribution in [0.15, 0.2) is 42.9 Å². The Balaban J connectivity index is 1.59. The maximum absolute atomic E-state index is 5.51. The van der Waals surface area contributed by atoms with Crippen molar-refractivity contribution in [2.45, 2.75) is 13.0 Å². The maximum atomic E-state index is 5.51. The van der Waals surface area contributed by atoms with Crippen molar-refractivity contribution in [1.29, 1.82) is 0 Å². The molecule has 1 saturated heterocycles. The molecule has 3 aromatic heterocycles. The highest BCUT2D eigenvalue weighted by Gasteiger charge is 2.24. The van der Waals surface area contributed by atoms with Crippen molar-refractivity contribution in [3.63, 3.8) is 0 Å². The fourth-order valence-corrected chi connectivity index (χ4v) is 3.24. The van der Waals surface area contributed by atoms with Gasteiger partial charge in [0.05, 0.1) is 30.5 Å². The Labute approximate surface area is 152 Å². The Morgan fingerprint density at radius 2 is 2.00 bits per heavy atom. The molecule has 4 heterocycles. The number of aromatic nitrogens is 4. The van der Waals surface area contributed by atoms with Crippen molar-refractivity contribution >= 4 is 16.9 Å². The molecule has 0 amide bonds. The molecular weight excluding hydrogens is 328 g/mol. The lowest BCUT2D eigenvalue weighted by molar-refractivity contribution is 0.0179. The first-order valence-electron chi connectivity index (χ1n) is 8.86. The number of morpholine rings is 1. The molecular formula is C19H22N6O. The summed E-state index contributed by atoms with van der Waals surface area (Å²) >= 11 is 0.